The third-order valence-corrected chi connectivity index (χ3v) is 4.42. The fraction of sp³-hybridized carbons (Fsp3) is 1.00. The number of aliphatic hydroxyl groups is 1. The zero-order chi connectivity index (χ0) is 13.8. The normalized spacial score (nSPS) is 22.4. The van der Waals surface area contributed by atoms with Crippen molar-refractivity contribution in [3.05, 3.63) is 0 Å². The summed E-state index contributed by atoms with van der Waals surface area (Å²) in [5.74, 6) is 0. The molecule has 1 unspecified atom stereocenters. The van der Waals surface area contributed by atoms with Crippen LogP contribution in [0.3, 0.4) is 0 Å². The van der Waals surface area contributed by atoms with E-state index in [0.717, 1.165) is 12.8 Å². The second-order valence-corrected chi connectivity index (χ2v) is 6.39. The van der Waals surface area contributed by atoms with Crippen LogP contribution < -0.4 is 5.32 Å². The van der Waals surface area contributed by atoms with Gasteiger partial charge in [-0.2, -0.15) is 0 Å². The summed E-state index contributed by atoms with van der Waals surface area (Å²) in [5, 5.41) is 12.7. The Morgan fingerprint density at radius 3 is 1.84 bits per heavy atom. The third-order valence-electron chi connectivity index (χ3n) is 4.42. The summed E-state index contributed by atoms with van der Waals surface area (Å²) in [6, 6.07) is 1.28. The van der Waals surface area contributed by atoms with E-state index in [4.69, 9.17) is 5.11 Å². The number of aliphatic hydroxyl groups excluding tert-OH is 1. The highest BCUT2D eigenvalue weighted by atomic mass is 16.2. The molecule has 114 valence electrons. The summed E-state index contributed by atoms with van der Waals surface area (Å²) >= 11 is 0. The Morgan fingerprint density at radius 1 is 0.895 bits per heavy atom. The van der Waals surface area contributed by atoms with E-state index in [-0.39, 0.29) is 0 Å². The summed E-state index contributed by atoms with van der Waals surface area (Å²) in [7, 11) is 0. The van der Waals surface area contributed by atoms with Crippen LogP contribution in [-0.2, 0) is 0 Å². The third kappa shape index (κ3) is 9.45. The maximum absolute atomic E-state index is 8.90. The van der Waals surface area contributed by atoms with Crippen LogP contribution in [0.4, 0.5) is 0 Å². The minimum atomic E-state index is 0.330. The molecular formula is C17H35NO. The minimum Gasteiger partial charge on any atom is -0.396 e. The van der Waals surface area contributed by atoms with Gasteiger partial charge in [-0.25, -0.2) is 0 Å². The van der Waals surface area contributed by atoms with Crippen LogP contribution in [0.5, 0.6) is 0 Å². The molecule has 1 fully saturated rings. The predicted octanol–water partition coefficient (Wildman–Crippen LogP) is 4.41. The van der Waals surface area contributed by atoms with E-state index in [1.165, 1.54) is 70.6 Å². The van der Waals surface area contributed by atoms with E-state index >= 15 is 0 Å². The zero-order valence-corrected chi connectivity index (χ0v) is 13.0. The van der Waals surface area contributed by atoms with Crippen molar-refractivity contribution in [3.8, 4) is 0 Å². The molecule has 1 aliphatic carbocycles. The topological polar surface area (TPSA) is 32.3 Å². The van der Waals surface area contributed by atoms with Crippen LogP contribution in [0, 0.1) is 0 Å². The Morgan fingerprint density at radius 2 is 1.37 bits per heavy atom. The molecule has 0 aromatic carbocycles. The molecule has 1 rings (SSSR count). The van der Waals surface area contributed by atoms with Crippen LogP contribution in [0.15, 0.2) is 0 Å². The Kier molecular flexibility index (Phi) is 10.5. The van der Waals surface area contributed by atoms with Crippen molar-refractivity contribution in [1.29, 1.82) is 0 Å². The van der Waals surface area contributed by atoms with E-state index in [9.17, 15) is 0 Å². The first-order valence-corrected chi connectivity index (χ1v) is 8.70. The highest BCUT2D eigenvalue weighted by molar-refractivity contribution is 4.72. The van der Waals surface area contributed by atoms with Gasteiger partial charge in [0.25, 0.3) is 0 Å². The van der Waals surface area contributed by atoms with E-state index in [0.29, 0.717) is 18.7 Å². The van der Waals surface area contributed by atoms with Crippen LogP contribution in [0.25, 0.3) is 0 Å². The summed E-state index contributed by atoms with van der Waals surface area (Å²) in [6.45, 7) is 2.60. The van der Waals surface area contributed by atoms with Crippen molar-refractivity contribution >= 4 is 0 Å². The largest absolute Gasteiger partial charge is 0.396 e. The molecule has 0 heterocycles. The fourth-order valence-electron chi connectivity index (χ4n) is 3.21. The molecule has 1 atom stereocenters. The van der Waals surface area contributed by atoms with Crippen LogP contribution in [0.2, 0.25) is 0 Å². The lowest BCUT2D eigenvalue weighted by Crippen LogP contribution is -2.36. The Hall–Kier alpha value is -0.0800. The maximum Gasteiger partial charge on any atom is 0.0431 e. The molecule has 2 N–H and O–H groups in total. The molecule has 0 bridgehead atoms. The Labute approximate surface area is 120 Å². The van der Waals surface area contributed by atoms with Gasteiger partial charge in [-0.3, -0.25) is 0 Å². The molecule has 0 aromatic heterocycles. The van der Waals surface area contributed by atoms with Gasteiger partial charge in [-0.15, -0.1) is 0 Å². The standard InChI is InChI=1S/C17H35NO/c1-16(12-11-15-19)18-17-13-9-7-5-3-2-4-6-8-10-14-17/h16-19H,2-15H2,1H3. The van der Waals surface area contributed by atoms with Crippen molar-refractivity contribution in [2.75, 3.05) is 6.61 Å². The smallest absolute Gasteiger partial charge is 0.0431 e. The van der Waals surface area contributed by atoms with Crippen molar-refractivity contribution in [1.82, 2.24) is 5.32 Å². The molecule has 2 heteroatoms. The van der Waals surface area contributed by atoms with Crippen molar-refractivity contribution < 1.29 is 5.11 Å². The summed E-state index contributed by atoms with van der Waals surface area (Å²) in [6.07, 6.45) is 17.6. The minimum absolute atomic E-state index is 0.330. The van der Waals surface area contributed by atoms with Crippen molar-refractivity contribution in [2.45, 2.75) is 102 Å². The molecule has 1 aliphatic rings. The van der Waals surface area contributed by atoms with Crippen LogP contribution in [0.1, 0.15) is 90.4 Å². The maximum atomic E-state index is 8.90. The monoisotopic (exact) mass is 269 g/mol. The second kappa shape index (κ2) is 11.7. The molecule has 0 amide bonds. The lowest BCUT2D eigenvalue weighted by molar-refractivity contribution is 0.270. The molecular weight excluding hydrogens is 234 g/mol. The van der Waals surface area contributed by atoms with Gasteiger partial charge in [0, 0.05) is 18.7 Å². The molecule has 0 saturated heterocycles. The van der Waals surface area contributed by atoms with Crippen LogP contribution in [-0.4, -0.2) is 23.8 Å². The van der Waals surface area contributed by atoms with Gasteiger partial charge in [0.15, 0.2) is 0 Å². The predicted molar refractivity (Wildman–Crippen MR) is 83.5 cm³/mol. The van der Waals surface area contributed by atoms with Crippen LogP contribution >= 0.6 is 0 Å². The first kappa shape index (κ1) is 17.0. The molecule has 2 nitrogen and oxygen atoms in total. The lowest BCUT2D eigenvalue weighted by atomic mass is 9.97. The number of nitrogens with one attached hydrogen (secondary N) is 1. The highest BCUT2D eigenvalue weighted by Gasteiger charge is 2.12. The van der Waals surface area contributed by atoms with Gasteiger partial charge in [0.2, 0.25) is 0 Å². The van der Waals surface area contributed by atoms with Gasteiger partial charge < -0.3 is 10.4 Å². The SMILES string of the molecule is CC(CCCO)NC1CCCCCCCCCCC1. The van der Waals surface area contributed by atoms with Gasteiger partial charge in [0.1, 0.15) is 0 Å². The molecule has 0 spiro atoms. The molecule has 0 radical (unpaired) electrons. The zero-order valence-electron chi connectivity index (χ0n) is 13.0. The van der Waals surface area contributed by atoms with E-state index in [1.807, 2.05) is 0 Å². The van der Waals surface area contributed by atoms with Gasteiger partial charge in [-0.05, 0) is 32.6 Å². The van der Waals surface area contributed by atoms with Gasteiger partial charge in [-0.1, -0.05) is 57.8 Å². The number of hydrogen-bond acceptors (Lipinski definition) is 2. The first-order valence-electron chi connectivity index (χ1n) is 8.70. The van der Waals surface area contributed by atoms with Gasteiger partial charge >= 0.3 is 0 Å². The van der Waals surface area contributed by atoms with Crippen molar-refractivity contribution in [2.24, 2.45) is 0 Å². The molecule has 0 aromatic rings. The average molecular weight is 269 g/mol. The molecule has 0 aliphatic heterocycles. The Bertz CT molecular complexity index is 184. The van der Waals surface area contributed by atoms with E-state index < -0.39 is 0 Å². The quantitative estimate of drug-likeness (QED) is 0.775. The fourth-order valence-corrected chi connectivity index (χ4v) is 3.21. The number of hydrogen-bond donors (Lipinski definition) is 2. The molecule has 19 heavy (non-hydrogen) atoms. The van der Waals surface area contributed by atoms with E-state index in [2.05, 4.69) is 12.2 Å². The lowest BCUT2D eigenvalue weighted by Gasteiger charge is -2.24. The molecule has 1 saturated carbocycles. The summed E-state index contributed by atoms with van der Waals surface area (Å²) < 4.78 is 0. The van der Waals surface area contributed by atoms with E-state index in [1.54, 1.807) is 0 Å². The average Bonchev–Trinajstić information content (AvgIpc) is 2.39. The first-order chi connectivity index (χ1) is 9.33. The van der Waals surface area contributed by atoms with Gasteiger partial charge in [0.05, 0.1) is 0 Å². The highest BCUT2D eigenvalue weighted by Crippen LogP contribution is 2.17. The van der Waals surface area contributed by atoms with Crippen molar-refractivity contribution in [3.63, 3.8) is 0 Å². The summed E-state index contributed by atoms with van der Waals surface area (Å²) in [5.41, 5.74) is 0. The Balaban J connectivity index is 2.25. The summed E-state index contributed by atoms with van der Waals surface area (Å²) in [4.78, 5) is 0. The number of rotatable bonds is 5. The second-order valence-electron chi connectivity index (χ2n) is 6.39.